The summed E-state index contributed by atoms with van der Waals surface area (Å²) < 4.78 is 5.08. The van der Waals surface area contributed by atoms with Crippen molar-refractivity contribution in [2.24, 2.45) is 5.92 Å². The quantitative estimate of drug-likeness (QED) is 0.886. The van der Waals surface area contributed by atoms with Crippen molar-refractivity contribution in [1.29, 1.82) is 0 Å². The standard InChI is InChI=1S/C17H20N2O3/c1-2-22-17(21)14-4-3-9-19(11-14)16(20)13-5-6-15-12(10-13)7-8-18-15/h5-8,10,14,18H,2-4,9,11H2,1H3. The largest absolute Gasteiger partial charge is 0.466 e. The van der Waals surface area contributed by atoms with Crippen LogP contribution in [-0.2, 0) is 9.53 Å². The highest BCUT2D eigenvalue weighted by molar-refractivity contribution is 5.98. The molecular weight excluding hydrogens is 280 g/mol. The fourth-order valence-corrected chi connectivity index (χ4v) is 2.98. The number of carbonyl (C=O) groups excluding carboxylic acids is 2. The number of hydrogen-bond donors (Lipinski definition) is 1. The summed E-state index contributed by atoms with van der Waals surface area (Å²) in [7, 11) is 0. The van der Waals surface area contributed by atoms with Gasteiger partial charge in [0.1, 0.15) is 0 Å². The molecule has 1 aliphatic heterocycles. The number of nitrogens with zero attached hydrogens (tertiary/aromatic N) is 1. The second-order valence-corrected chi connectivity index (χ2v) is 5.62. The highest BCUT2D eigenvalue weighted by Gasteiger charge is 2.29. The molecule has 5 heteroatoms. The molecular formula is C17H20N2O3. The van der Waals surface area contributed by atoms with Crippen LogP contribution in [0.25, 0.3) is 10.9 Å². The van der Waals surface area contributed by atoms with Crippen LogP contribution in [0.15, 0.2) is 30.5 Å². The van der Waals surface area contributed by atoms with Gasteiger partial charge in [-0.05, 0) is 44.0 Å². The number of nitrogens with one attached hydrogen (secondary N) is 1. The molecule has 1 saturated heterocycles. The van der Waals surface area contributed by atoms with Gasteiger partial charge in [0.2, 0.25) is 0 Å². The number of carbonyl (C=O) groups is 2. The topological polar surface area (TPSA) is 62.4 Å². The summed E-state index contributed by atoms with van der Waals surface area (Å²) >= 11 is 0. The van der Waals surface area contributed by atoms with Crippen molar-refractivity contribution in [1.82, 2.24) is 9.88 Å². The third-order valence-electron chi connectivity index (χ3n) is 4.13. The van der Waals surface area contributed by atoms with Gasteiger partial charge in [0.05, 0.1) is 12.5 Å². The Hall–Kier alpha value is -2.30. The van der Waals surface area contributed by atoms with Gasteiger partial charge in [-0.2, -0.15) is 0 Å². The molecule has 1 unspecified atom stereocenters. The number of esters is 1. The average Bonchev–Trinajstić information content (AvgIpc) is 3.02. The molecule has 3 rings (SSSR count). The first kappa shape index (κ1) is 14.6. The molecule has 1 aromatic carbocycles. The summed E-state index contributed by atoms with van der Waals surface area (Å²) in [6.07, 6.45) is 3.48. The number of benzene rings is 1. The second kappa shape index (κ2) is 6.22. The van der Waals surface area contributed by atoms with E-state index in [0.717, 1.165) is 23.7 Å². The maximum Gasteiger partial charge on any atom is 0.310 e. The summed E-state index contributed by atoms with van der Waals surface area (Å²) in [4.78, 5) is 29.4. The molecule has 116 valence electrons. The first-order valence-electron chi connectivity index (χ1n) is 7.72. The summed E-state index contributed by atoms with van der Waals surface area (Å²) in [5.74, 6) is -0.410. The van der Waals surface area contributed by atoms with Crippen LogP contribution < -0.4 is 0 Å². The van der Waals surface area contributed by atoms with E-state index in [0.29, 0.717) is 25.3 Å². The van der Waals surface area contributed by atoms with Crippen LogP contribution in [0.2, 0.25) is 0 Å². The van der Waals surface area contributed by atoms with E-state index in [1.807, 2.05) is 30.5 Å². The maximum absolute atomic E-state index is 12.7. The van der Waals surface area contributed by atoms with Crippen molar-refractivity contribution in [3.05, 3.63) is 36.0 Å². The van der Waals surface area contributed by atoms with Crippen LogP contribution in [0.5, 0.6) is 0 Å². The number of likely N-dealkylation sites (tertiary alicyclic amines) is 1. The van der Waals surface area contributed by atoms with Crippen molar-refractivity contribution in [3.63, 3.8) is 0 Å². The van der Waals surface area contributed by atoms with Crippen LogP contribution in [0.1, 0.15) is 30.1 Å². The average molecular weight is 300 g/mol. The lowest BCUT2D eigenvalue weighted by Gasteiger charge is -2.31. The Bertz CT molecular complexity index is 692. The SMILES string of the molecule is CCOC(=O)C1CCCN(C(=O)c2ccc3[nH]ccc3c2)C1. The van der Waals surface area contributed by atoms with E-state index >= 15 is 0 Å². The molecule has 1 aromatic heterocycles. The Balaban J connectivity index is 1.74. The monoisotopic (exact) mass is 300 g/mol. The molecule has 1 N–H and O–H groups in total. The number of aromatic nitrogens is 1. The molecule has 1 amide bonds. The molecule has 2 heterocycles. The molecule has 2 aromatic rings. The summed E-state index contributed by atoms with van der Waals surface area (Å²) in [5, 5.41) is 1.02. The van der Waals surface area contributed by atoms with E-state index in [2.05, 4.69) is 4.98 Å². The van der Waals surface area contributed by atoms with Crippen molar-refractivity contribution in [2.75, 3.05) is 19.7 Å². The molecule has 0 bridgehead atoms. The fraction of sp³-hybridized carbons (Fsp3) is 0.412. The van der Waals surface area contributed by atoms with Gasteiger partial charge in [0.25, 0.3) is 5.91 Å². The highest BCUT2D eigenvalue weighted by Crippen LogP contribution is 2.21. The Kier molecular flexibility index (Phi) is 4.13. The number of aromatic amines is 1. The molecule has 22 heavy (non-hydrogen) atoms. The molecule has 0 radical (unpaired) electrons. The number of ether oxygens (including phenoxy) is 1. The van der Waals surface area contributed by atoms with E-state index in [1.54, 1.807) is 11.8 Å². The first-order chi connectivity index (χ1) is 10.7. The Morgan fingerprint density at radius 1 is 1.36 bits per heavy atom. The minimum absolute atomic E-state index is 0.0166. The van der Waals surface area contributed by atoms with Crippen molar-refractivity contribution in [2.45, 2.75) is 19.8 Å². The number of H-pyrrole nitrogens is 1. The Morgan fingerprint density at radius 2 is 2.23 bits per heavy atom. The fourth-order valence-electron chi connectivity index (χ4n) is 2.98. The van der Waals surface area contributed by atoms with Gasteiger partial charge in [0.15, 0.2) is 0 Å². The van der Waals surface area contributed by atoms with E-state index in [4.69, 9.17) is 4.74 Å². The number of amides is 1. The molecule has 1 aliphatic rings. The molecule has 0 aliphatic carbocycles. The molecule has 5 nitrogen and oxygen atoms in total. The van der Waals surface area contributed by atoms with Gasteiger partial charge < -0.3 is 14.6 Å². The normalized spacial score (nSPS) is 18.4. The third kappa shape index (κ3) is 2.84. The maximum atomic E-state index is 12.7. The van der Waals surface area contributed by atoms with E-state index in [1.165, 1.54) is 0 Å². The van der Waals surface area contributed by atoms with Crippen LogP contribution >= 0.6 is 0 Å². The van der Waals surface area contributed by atoms with Crippen LogP contribution in [0.4, 0.5) is 0 Å². The Morgan fingerprint density at radius 3 is 3.05 bits per heavy atom. The zero-order valence-corrected chi connectivity index (χ0v) is 12.7. The highest BCUT2D eigenvalue weighted by atomic mass is 16.5. The van der Waals surface area contributed by atoms with Gasteiger partial charge in [-0.1, -0.05) is 0 Å². The molecule has 1 atom stereocenters. The summed E-state index contributed by atoms with van der Waals surface area (Å²) in [5.41, 5.74) is 1.68. The first-order valence-corrected chi connectivity index (χ1v) is 7.72. The molecule has 0 saturated carbocycles. The van der Waals surface area contributed by atoms with Gasteiger partial charge in [-0.15, -0.1) is 0 Å². The van der Waals surface area contributed by atoms with Crippen LogP contribution in [-0.4, -0.2) is 41.5 Å². The molecule has 1 fully saturated rings. The van der Waals surface area contributed by atoms with Crippen molar-refractivity contribution in [3.8, 4) is 0 Å². The minimum Gasteiger partial charge on any atom is -0.466 e. The zero-order chi connectivity index (χ0) is 15.5. The Labute approximate surface area is 129 Å². The van der Waals surface area contributed by atoms with Crippen LogP contribution in [0.3, 0.4) is 0 Å². The lowest BCUT2D eigenvalue weighted by molar-refractivity contribution is -0.149. The van der Waals surface area contributed by atoms with Crippen molar-refractivity contribution < 1.29 is 14.3 Å². The van der Waals surface area contributed by atoms with Gasteiger partial charge >= 0.3 is 5.97 Å². The summed E-state index contributed by atoms with van der Waals surface area (Å²) in [6, 6.07) is 7.58. The lowest BCUT2D eigenvalue weighted by atomic mass is 9.97. The molecule has 0 spiro atoms. The predicted octanol–water partition coefficient (Wildman–Crippen LogP) is 2.58. The number of hydrogen-bond acceptors (Lipinski definition) is 3. The van der Waals surface area contributed by atoms with E-state index < -0.39 is 0 Å². The minimum atomic E-state index is -0.200. The number of fused-ring (bicyclic) bond motifs is 1. The number of rotatable bonds is 3. The number of piperidine rings is 1. The second-order valence-electron chi connectivity index (χ2n) is 5.62. The smallest absolute Gasteiger partial charge is 0.310 e. The lowest BCUT2D eigenvalue weighted by Crippen LogP contribution is -2.42. The van der Waals surface area contributed by atoms with E-state index in [9.17, 15) is 9.59 Å². The third-order valence-corrected chi connectivity index (χ3v) is 4.13. The van der Waals surface area contributed by atoms with Gasteiger partial charge in [-0.3, -0.25) is 9.59 Å². The van der Waals surface area contributed by atoms with Gasteiger partial charge in [0, 0.05) is 35.8 Å². The predicted molar refractivity (Wildman–Crippen MR) is 83.6 cm³/mol. The van der Waals surface area contributed by atoms with Crippen LogP contribution in [0, 0.1) is 5.92 Å². The van der Waals surface area contributed by atoms with Gasteiger partial charge in [-0.25, -0.2) is 0 Å². The van der Waals surface area contributed by atoms with E-state index in [-0.39, 0.29) is 17.8 Å². The van der Waals surface area contributed by atoms with Crippen molar-refractivity contribution >= 4 is 22.8 Å². The summed E-state index contributed by atoms with van der Waals surface area (Å²) in [6.45, 7) is 3.33. The zero-order valence-electron chi connectivity index (χ0n) is 12.7.